The second-order valence-corrected chi connectivity index (χ2v) is 4.34. The van der Waals surface area contributed by atoms with Crippen molar-refractivity contribution < 1.29 is 24.7 Å². The molecule has 0 saturated carbocycles. The number of nitrogens with zero attached hydrogens (tertiary/aromatic N) is 1. The molecule has 0 atom stereocenters. The molecule has 0 fully saturated rings. The third-order valence-corrected chi connectivity index (χ3v) is 2.56. The second kappa shape index (κ2) is 7.29. The molecule has 0 aromatic heterocycles. The average molecular weight is 310 g/mol. The highest BCUT2D eigenvalue weighted by atomic mass is 15.1. The van der Waals surface area contributed by atoms with E-state index < -0.39 is 58.0 Å². The van der Waals surface area contributed by atoms with Crippen LogP contribution in [0.4, 0.5) is 0 Å². The van der Waals surface area contributed by atoms with E-state index in [0.29, 0.717) is 5.39 Å². The van der Waals surface area contributed by atoms with Gasteiger partial charge in [-0.05, 0) is 49.9 Å². The Labute approximate surface area is 159 Å². The van der Waals surface area contributed by atoms with Crippen LogP contribution in [0.3, 0.4) is 0 Å². The Bertz CT molecular complexity index is 1290. The lowest BCUT2D eigenvalue weighted by atomic mass is 9.98. The molecule has 2 aromatic carbocycles. The SMILES string of the molecule is [2H]C(C#CC(C([2H])([2H])[2H])(C([2H])([2H])[2H])C([2H])([2H])[2H])=C([2H])C([2H])([2H])N(C([2H])([2H])[2H])C([2H])([2H])c1cccc2ccccc12. The molecule has 0 aliphatic heterocycles. The van der Waals surface area contributed by atoms with Gasteiger partial charge in [0.15, 0.2) is 0 Å². The highest BCUT2D eigenvalue weighted by Gasteiger charge is 2.03. The summed E-state index contributed by atoms with van der Waals surface area (Å²) in [6.45, 7) is -21.6. The van der Waals surface area contributed by atoms with Crippen LogP contribution in [-0.4, -0.2) is 18.4 Å². The van der Waals surface area contributed by atoms with Crippen molar-refractivity contribution in [3.8, 4) is 11.8 Å². The minimum Gasteiger partial charge on any atom is -0.298 e. The van der Waals surface area contributed by atoms with Crippen molar-refractivity contribution in [2.75, 3.05) is 13.5 Å². The summed E-state index contributed by atoms with van der Waals surface area (Å²) in [5.41, 5.74) is -3.98. The van der Waals surface area contributed by atoms with Crippen LogP contribution in [0.5, 0.6) is 0 Å². The number of fused-ring (bicyclic) bond motifs is 1. The minimum atomic E-state index is -3.76. The van der Waals surface area contributed by atoms with Gasteiger partial charge in [0, 0.05) is 40.3 Å². The van der Waals surface area contributed by atoms with E-state index in [1.807, 2.05) is 0 Å². The van der Waals surface area contributed by atoms with Gasteiger partial charge in [-0.15, -0.1) is 0 Å². The van der Waals surface area contributed by atoms with Crippen LogP contribution in [0.15, 0.2) is 54.6 Å². The molecule has 0 spiro atoms. The molecule has 0 N–H and O–H groups in total. The quantitative estimate of drug-likeness (QED) is 0.728. The molecule has 1 heteroatoms. The summed E-state index contributed by atoms with van der Waals surface area (Å²) in [4.78, 5) is -0.266. The van der Waals surface area contributed by atoms with Gasteiger partial charge in [-0.2, -0.15) is 0 Å². The van der Waals surface area contributed by atoms with Gasteiger partial charge in [0.25, 0.3) is 0 Å². The Hall–Kier alpha value is -2.04. The van der Waals surface area contributed by atoms with E-state index >= 15 is 0 Å². The largest absolute Gasteiger partial charge is 0.298 e. The molecule has 0 aliphatic rings. The Kier molecular flexibility index (Phi) is 1.57. The summed E-state index contributed by atoms with van der Waals surface area (Å²) in [5.74, 6) is 3.19. The number of rotatable bonds is 4. The zero-order valence-electron chi connectivity index (χ0n) is 29.5. The van der Waals surface area contributed by atoms with Crippen molar-refractivity contribution in [3.63, 3.8) is 0 Å². The summed E-state index contributed by atoms with van der Waals surface area (Å²) in [7, 11) is 0. The Morgan fingerprint density at radius 2 is 2.05 bits per heavy atom. The van der Waals surface area contributed by atoms with E-state index in [-0.39, 0.29) is 15.8 Å². The second-order valence-electron chi connectivity index (χ2n) is 4.34. The predicted octanol–water partition coefficient (Wildman–Crippen LogP) is 4.88. The van der Waals surface area contributed by atoms with Crippen molar-refractivity contribution in [1.29, 1.82) is 0 Å². The smallest absolute Gasteiger partial charge is 0.0717 e. The Morgan fingerprint density at radius 1 is 1.23 bits per heavy atom. The van der Waals surface area contributed by atoms with Crippen molar-refractivity contribution in [1.82, 2.24) is 4.90 Å². The fraction of sp³-hybridized carbons (Fsp3) is 0.333. The molecular weight excluding hydrogens is 266 g/mol. The van der Waals surface area contributed by atoms with Gasteiger partial charge in [0.2, 0.25) is 0 Å². The maximum atomic E-state index is 8.67. The first-order valence-electron chi connectivity index (χ1n) is 15.2. The first-order chi connectivity index (χ1) is 17.7. The lowest BCUT2D eigenvalue weighted by Crippen LogP contribution is -2.17. The number of likely N-dealkylation sites (N-methyl/N-ethyl adjacent to an activating group) is 1. The van der Waals surface area contributed by atoms with Gasteiger partial charge in [0.1, 0.15) is 0 Å². The van der Waals surface area contributed by atoms with Crippen molar-refractivity contribution in [3.05, 3.63) is 60.1 Å². The van der Waals surface area contributed by atoms with E-state index in [4.69, 9.17) is 24.7 Å². The molecule has 0 bridgehead atoms. The molecule has 0 aliphatic carbocycles. The summed E-state index contributed by atoms with van der Waals surface area (Å²) < 4.78 is 142. The highest BCUT2D eigenvalue weighted by molar-refractivity contribution is 5.85. The molecule has 0 radical (unpaired) electrons. The van der Waals surface area contributed by atoms with Gasteiger partial charge >= 0.3 is 0 Å². The normalized spacial score (nSPS) is 28.4. The van der Waals surface area contributed by atoms with Crippen LogP contribution in [0, 0.1) is 17.3 Å². The number of hydrogen-bond acceptors (Lipinski definition) is 1. The third-order valence-electron chi connectivity index (χ3n) is 2.56. The fourth-order valence-corrected chi connectivity index (χ4v) is 1.71. The molecule has 0 saturated heterocycles. The van der Waals surface area contributed by atoms with E-state index in [2.05, 4.69) is 0 Å². The summed E-state index contributed by atoms with van der Waals surface area (Å²) >= 11 is 0. The first-order valence-corrected chi connectivity index (χ1v) is 6.24. The summed E-state index contributed by atoms with van der Waals surface area (Å²) in [6, 6.07) is 7.53. The topological polar surface area (TPSA) is 3.24 Å². The first kappa shape index (κ1) is 4.73. The molecular formula is C21H25N. The van der Waals surface area contributed by atoms with E-state index in [0.717, 1.165) is 0 Å². The van der Waals surface area contributed by atoms with Gasteiger partial charge < -0.3 is 0 Å². The maximum Gasteiger partial charge on any atom is 0.0717 e. The van der Waals surface area contributed by atoms with E-state index in [1.54, 1.807) is 36.1 Å². The summed E-state index contributed by atoms with van der Waals surface area (Å²) in [5, 5.41) is 0.734. The predicted molar refractivity (Wildman–Crippen MR) is 96.7 cm³/mol. The zero-order valence-corrected chi connectivity index (χ0v) is 11.5. The van der Waals surface area contributed by atoms with Crippen LogP contribution in [0.2, 0.25) is 0 Å². The number of hydrogen-bond donors (Lipinski definition) is 0. The third kappa shape index (κ3) is 5.06. The van der Waals surface area contributed by atoms with Crippen LogP contribution in [-0.2, 0) is 6.50 Å². The fourth-order valence-electron chi connectivity index (χ4n) is 1.71. The number of allylic oxidation sites excluding steroid dienone is 1. The van der Waals surface area contributed by atoms with Gasteiger partial charge in [-0.1, -0.05) is 60.4 Å². The van der Waals surface area contributed by atoms with Crippen LogP contribution in [0.25, 0.3) is 10.8 Å². The van der Waals surface area contributed by atoms with E-state index in [9.17, 15) is 0 Å². The van der Waals surface area contributed by atoms with Gasteiger partial charge in [-0.25, -0.2) is 0 Å². The van der Waals surface area contributed by atoms with Crippen LogP contribution in [0.1, 0.15) is 50.8 Å². The van der Waals surface area contributed by atoms with Crippen molar-refractivity contribution >= 4 is 10.8 Å². The average Bonchev–Trinajstić information content (AvgIpc) is 2.73. The molecule has 114 valence electrons. The lowest BCUT2D eigenvalue weighted by Gasteiger charge is -2.15. The molecule has 22 heavy (non-hydrogen) atoms. The number of benzene rings is 2. The van der Waals surface area contributed by atoms with Gasteiger partial charge in [-0.3, -0.25) is 4.90 Å². The maximum absolute atomic E-state index is 8.67. The molecule has 0 heterocycles. The Balaban J connectivity index is 2.84. The van der Waals surface area contributed by atoms with Crippen LogP contribution >= 0.6 is 0 Å². The summed E-state index contributed by atoms with van der Waals surface area (Å²) in [6.07, 6.45) is 0. The van der Waals surface area contributed by atoms with Crippen molar-refractivity contribution in [2.45, 2.75) is 27.1 Å². The minimum absolute atomic E-state index is 0.235. The molecule has 0 unspecified atom stereocenters. The van der Waals surface area contributed by atoms with Crippen molar-refractivity contribution in [2.24, 2.45) is 5.41 Å². The molecule has 2 rings (SSSR count). The lowest BCUT2D eigenvalue weighted by molar-refractivity contribution is 0.365. The van der Waals surface area contributed by atoms with E-state index in [1.165, 1.54) is 18.2 Å². The molecule has 1 nitrogen and oxygen atoms in total. The zero-order chi connectivity index (χ0) is 31.3. The van der Waals surface area contributed by atoms with Gasteiger partial charge in [0.05, 0.1) is 2.74 Å². The molecule has 0 amide bonds. The highest BCUT2D eigenvalue weighted by Crippen LogP contribution is 2.19. The monoisotopic (exact) mass is 309 g/mol. The Morgan fingerprint density at radius 3 is 2.86 bits per heavy atom. The standard InChI is InChI=1S/C21H25N/c1-21(2,3)15-8-5-9-16-22(4)17-19-13-10-12-18-11-6-7-14-20(18)19/h5-7,9-14H,16-17H2,1-4H3/i1D3,2D3,3D3,4D3,5D,9D,16D2,17D2. The van der Waals surface area contributed by atoms with Crippen LogP contribution < -0.4 is 0 Å². The molecule has 2 aromatic rings.